The number of hydrogen-bond donors (Lipinski definition) is 1. The number of nitrogens with zero attached hydrogens (tertiary/aromatic N) is 2. The van der Waals surface area contributed by atoms with Crippen molar-refractivity contribution in [3.8, 4) is 5.75 Å². The van der Waals surface area contributed by atoms with E-state index in [1.165, 1.54) is 16.7 Å². The maximum absolute atomic E-state index is 12.3. The van der Waals surface area contributed by atoms with Crippen molar-refractivity contribution in [3.05, 3.63) is 65.1 Å². The van der Waals surface area contributed by atoms with Crippen molar-refractivity contribution in [2.45, 2.75) is 0 Å². The third kappa shape index (κ3) is 3.04. The zero-order chi connectivity index (χ0) is 15.5. The van der Waals surface area contributed by atoms with E-state index in [2.05, 4.69) is 4.99 Å². The molecule has 22 heavy (non-hydrogen) atoms. The molecule has 1 aliphatic heterocycles. The number of carbonyl (C=O) groups is 1. The molecule has 1 N–H and O–H groups in total. The Morgan fingerprint density at radius 2 is 1.91 bits per heavy atom. The van der Waals surface area contributed by atoms with Crippen LogP contribution >= 0.6 is 11.8 Å². The first kappa shape index (κ1) is 14.4. The molecular formula is C17H14N2O2S. The van der Waals surface area contributed by atoms with Gasteiger partial charge < -0.3 is 5.11 Å². The molecule has 0 bridgehead atoms. The summed E-state index contributed by atoms with van der Waals surface area (Å²) in [4.78, 5) is 18.9. The number of aliphatic imine (C=N–C) groups is 1. The highest BCUT2D eigenvalue weighted by molar-refractivity contribution is 8.18. The normalized spacial score (nSPS) is 18.4. The predicted octanol–water partition coefficient (Wildman–Crippen LogP) is 3.63. The Kier molecular flexibility index (Phi) is 3.98. The summed E-state index contributed by atoms with van der Waals surface area (Å²) in [6.45, 7) is 0. The average molecular weight is 310 g/mol. The summed E-state index contributed by atoms with van der Waals surface area (Å²) in [5, 5.41) is 10.1. The van der Waals surface area contributed by atoms with Crippen LogP contribution in [0.25, 0.3) is 6.08 Å². The number of rotatable bonds is 2. The summed E-state index contributed by atoms with van der Waals surface area (Å²) >= 11 is 1.33. The van der Waals surface area contributed by atoms with E-state index in [9.17, 15) is 9.90 Å². The van der Waals surface area contributed by atoms with Crippen LogP contribution in [0.5, 0.6) is 5.75 Å². The van der Waals surface area contributed by atoms with Gasteiger partial charge in [-0.3, -0.25) is 9.69 Å². The zero-order valence-corrected chi connectivity index (χ0v) is 12.7. The fraction of sp³-hybridized carbons (Fsp3) is 0.0588. The summed E-state index contributed by atoms with van der Waals surface area (Å²) in [5.41, 5.74) is 1.59. The molecule has 3 rings (SSSR count). The summed E-state index contributed by atoms with van der Waals surface area (Å²) in [6.07, 6.45) is 1.76. The lowest BCUT2D eigenvalue weighted by Gasteiger charge is -2.06. The average Bonchev–Trinajstić information content (AvgIpc) is 2.77. The summed E-state index contributed by atoms with van der Waals surface area (Å²) in [7, 11) is 1.71. The van der Waals surface area contributed by atoms with E-state index in [0.717, 1.165) is 11.3 Å². The van der Waals surface area contributed by atoms with Crippen LogP contribution in [0.4, 0.5) is 5.69 Å². The molecular weight excluding hydrogens is 296 g/mol. The third-order valence-electron chi connectivity index (χ3n) is 3.15. The molecule has 4 nitrogen and oxygen atoms in total. The third-order valence-corrected chi connectivity index (χ3v) is 4.21. The first-order valence-electron chi connectivity index (χ1n) is 6.74. The topological polar surface area (TPSA) is 52.9 Å². The van der Waals surface area contributed by atoms with E-state index in [0.29, 0.717) is 10.1 Å². The van der Waals surface area contributed by atoms with Crippen LogP contribution in [-0.2, 0) is 4.79 Å². The van der Waals surface area contributed by atoms with Gasteiger partial charge in [-0.1, -0.05) is 30.3 Å². The highest BCUT2D eigenvalue weighted by atomic mass is 32.2. The Bertz CT molecular complexity index is 769. The number of thioether (sulfide) groups is 1. The largest absolute Gasteiger partial charge is 0.508 e. The molecule has 0 aromatic heterocycles. The van der Waals surface area contributed by atoms with Gasteiger partial charge in [-0.25, -0.2) is 4.99 Å². The molecule has 2 aromatic carbocycles. The number of phenols is 1. The van der Waals surface area contributed by atoms with Crippen LogP contribution in [0, 0.1) is 0 Å². The quantitative estimate of drug-likeness (QED) is 0.862. The van der Waals surface area contributed by atoms with E-state index in [1.807, 2.05) is 36.4 Å². The minimum atomic E-state index is -0.0944. The second-order valence-electron chi connectivity index (χ2n) is 4.80. The van der Waals surface area contributed by atoms with Gasteiger partial charge in [0.15, 0.2) is 5.17 Å². The number of phenolic OH excluding ortho intramolecular Hbond substituents is 1. The SMILES string of the molecule is CN1C(=O)C(=Cc2cccc(O)c2)SC1=Nc1ccccc1. The fourth-order valence-corrected chi connectivity index (χ4v) is 3.02. The van der Waals surface area contributed by atoms with Gasteiger partial charge in [-0.2, -0.15) is 0 Å². The maximum Gasteiger partial charge on any atom is 0.266 e. The highest BCUT2D eigenvalue weighted by Gasteiger charge is 2.30. The van der Waals surface area contributed by atoms with Crippen LogP contribution in [0.15, 0.2) is 64.5 Å². The van der Waals surface area contributed by atoms with Gasteiger partial charge in [0.1, 0.15) is 5.75 Å². The van der Waals surface area contributed by atoms with E-state index in [4.69, 9.17) is 0 Å². The van der Waals surface area contributed by atoms with Crippen molar-refractivity contribution in [1.29, 1.82) is 0 Å². The molecule has 0 atom stereocenters. The van der Waals surface area contributed by atoms with E-state index in [-0.39, 0.29) is 11.7 Å². The number of amidine groups is 1. The number of amides is 1. The zero-order valence-electron chi connectivity index (χ0n) is 11.9. The maximum atomic E-state index is 12.3. The molecule has 5 heteroatoms. The Morgan fingerprint density at radius 3 is 2.64 bits per heavy atom. The Labute approximate surface area is 132 Å². The lowest BCUT2D eigenvalue weighted by Crippen LogP contribution is -2.23. The summed E-state index contributed by atoms with van der Waals surface area (Å²) in [5.74, 6) is 0.0827. The molecule has 0 unspecified atom stereocenters. The van der Waals surface area contributed by atoms with Crippen molar-refractivity contribution in [1.82, 2.24) is 4.90 Å². The van der Waals surface area contributed by atoms with Crippen LogP contribution in [0.1, 0.15) is 5.56 Å². The predicted molar refractivity (Wildman–Crippen MR) is 90.0 cm³/mol. The molecule has 1 amide bonds. The fourth-order valence-electron chi connectivity index (χ4n) is 2.03. The van der Waals surface area contributed by atoms with Crippen LogP contribution in [0.2, 0.25) is 0 Å². The first-order valence-corrected chi connectivity index (χ1v) is 7.55. The molecule has 0 radical (unpaired) electrons. The van der Waals surface area contributed by atoms with Gasteiger partial charge in [0.25, 0.3) is 5.91 Å². The van der Waals surface area contributed by atoms with Crippen molar-refractivity contribution in [3.63, 3.8) is 0 Å². The van der Waals surface area contributed by atoms with E-state index in [1.54, 1.807) is 31.3 Å². The molecule has 110 valence electrons. The molecule has 1 fully saturated rings. The highest BCUT2D eigenvalue weighted by Crippen LogP contribution is 2.33. The number of carbonyl (C=O) groups excluding carboxylic acids is 1. The molecule has 1 aliphatic rings. The number of hydrogen-bond acceptors (Lipinski definition) is 4. The smallest absolute Gasteiger partial charge is 0.266 e. The van der Waals surface area contributed by atoms with Gasteiger partial charge in [-0.15, -0.1) is 0 Å². The lowest BCUT2D eigenvalue weighted by atomic mass is 10.2. The van der Waals surface area contributed by atoms with Gasteiger partial charge in [-0.05, 0) is 47.7 Å². The van der Waals surface area contributed by atoms with Crippen LogP contribution in [0.3, 0.4) is 0 Å². The van der Waals surface area contributed by atoms with Gasteiger partial charge in [0, 0.05) is 7.05 Å². The van der Waals surface area contributed by atoms with E-state index >= 15 is 0 Å². The standard InChI is InChI=1S/C17H14N2O2S/c1-19-16(21)15(11-12-6-5-9-14(20)10-12)22-17(19)18-13-7-3-2-4-8-13/h2-11,20H,1H3. The first-order chi connectivity index (χ1) is 10.6. The van der Waals surface area contributed by atoms with Crippen LogP contribution < -0.4 is 0 Å². The van der Waals surface area contributed by atoms with Crippen molar-refractivity contribution >= 4 is 34.6 Å². The molecule has 2 aromatic rings. The minimum absolute atomic E-state index is 0.0944. The van der Waals surface area contributed by atoms with Gasteiger partial charge >= 0.3 is 0 Å². The van der Waals surface area contributed by atoms with Crippen molar-refractivity contribution in [2.75, 3.05) is 7.05 Å². The Balaban J connectivity index is 1.90. The second kappa shape index (κ2) is 6.07. The Morgan fingerprint density at radius 1 is 1.14 bits per heavy atom. The number of benzene rings is 2. The second-order valence-corrected chi connectivity index (χ2v) is 5.81. The van der Waals surface area contributed by atoms with Gasteiger partial charge in [0.2, 0.25) is 0 Å². The summed E-state index contributed by atoms with van der Waals surface area (Å²) in [6, 6.07) is 16.3. The number of likely N-dealkylation sites (N-methyl/N-ethyl adjacent to an activating group) is 1. The van der Waals surface area contributed by atoms with Crippen LogP contribution in [-0.4, -0.2) is 28.1 Å². The monoisotopic (exact) mass is 310 g/mol. The molecule has 0 saturated carbocycles. The molecule has 1 heterocycles. The van der Waals surface area contributed by atoms with E-state index < -0.39 is 0 Å². The molecule has 0 spiro atoms. The Hall–Kier alpha value is -2.53. The number of para-hydroxylation sites is 1. The number of aromatic hydroxyl groups is 1. The summed E-state index contributed by atoms with van der Waals surface area (Å²) < 4.78 is 0. The van der Waals surface area contributed by atoms with Gasteiger partial charge in [0.05, 0.1) is 10.6 Å². The minimum Gasteiger partial charge on any atom is -0.508 e. The van der Waals surface area contributed by atoms with Crippen molar-refractivity contribution in [2.24, 2.45) is 4.99 Å². The molecule has 1 saturated heterocycles. The van der Waals surface area contributed by atoms with Crippen molar-refractivity contribution < 1.29 is 9.90 Å². The lowest BCUT2D eigenvalue weighted by molar-refractivity contribution is -0.121. The molecule has 0 aliphatic carbocycles.